The van der Waals surface area contributed by atoms with Gasteiger partial charge in [0.2, 0.25) is 0 Å². The molecule has 84 valence electrons. The molecule has 1 aliphatic rings. The lowest BCUT2D eigenvalue weighted by Crippen LogP contribution is -2.64. The summed E-state index contributed by atoms with van der Waals surface area (Å²) in [6, 6.07) is 0. The molecule has 0 bridgehead atoms. The largest absolute Gasteiger partial charge is 0.387 e. The molecule has 1 heterocycles. The number of likely N-dealkylation sites (tertiary alicyclic amines) is 1. The maximum absolute atomic E-state index is 10.0. The van der Waals surface area contributed by atoms with Crippen molar-refractivity contribution in [3.05, 3.63) is 0 Å². The molecule has 1 saturated heterocycles. The fraction of sp³-hybridized carbons (Fsp3) is 1.00. The lowest BCUT2D eigenvalue weighted by molar-refractivity contribution is -0.127. The third kappa shape index (κ3) is 3.14. The predicted molar refractivity (Wildman–Crippen MR) is 63.8 cm³/mol. The summed E-state index contributed by atoms with van der Waals surface area (Å²) in [5.74, 6) is 2.87. The van der Waals surface area contributed by atoms with Crippen LogP contribution in [0.15, 0.2) is 0 Å². The van der Waals surface area contributed by atoms with E-state index >= 15 is 0 Å². The summed E-state index contributed by atoms with van der Waals surface area (Å²) in [7, 11) is 0. The SMILES string of the molecule is CCSCCCN1CC(O)(C(C)C)C1. The molecule has 0 aliphatic carbocycles. The number of nitrogens with zero attached hydrogens (tertiary/aromatic N) is 1. The molecule has 0 atom stereocenters. The molecule has 0 aromatic carbocycles. The van der Waals surface area contributed by atoms with E-state index in [9.17, 15) is 5.11 Å². The van der Waals surface area contributed by atoms with Gasteiger partial charge in [-0.05, 0) is 30.4 Å². The van der Waals surface area contributed by atoms with Crippen LogP contribution in [0.4, 0.5) is 0 Å². The third-order valence-corrected chi connectivity index (χ3v) is 4.02. The Morgan fingerprint density at radius 1 is 1.43 bits per heavy atom. The summed E-state index contributed by atoms with van der Waals surface area (Å²) < 4.78 is 0. The van der Waals surface area contributed by atoms with E-state index in [-0.39, 0.29) is 0 Å². The van der Waals surface area contributed by atoms with Gasteiger partial charge in [0.05, 0.1) is 5.60 Å². The summed E-state index contributed by atoms with van der Waals surface area (Å²) in [6.45, 7) is 9.31. The van der Waals surface area contributed by atoms with Gasteiger partial charge in [0.25, 0.3) is 0 Å². The van der Waals surface area contributed by atoms with Gasteiger partial charge in [0.15, 0.2) is 0 Å². The summed E-state index contributed by atoms with van der Waals surface area (Å²) in [4.78, 5) is 2.36. The van der Waals surface area contributed by atoms with Gasteiger partial charge in [-0.2, -0.15) is 11.8 Å². The first-order valence-electron chi connectivity index (χ1n) is 5.61. The summed E-state index contributed by atoms with van der Waals surface area (Å²) in [5.41, 5.74) is -0.391. The number of aliphatic hydroxyl groups is 1. The summed E-state index contributed by atoms with van der Waals surface area (Å²) in [6.07, 6.45) is 1.26. The Labute approximate surface area is 92.1 Å². The average Bonchev–Trinajstić information content (AvgIpc) is 2.08. The standard InChI is InChI=1S/C11H23NOS/c1-4-14-7-5-6-12-8-11(13,9-12)10(2)3/h10,13H,4-9H2,1-3H3. The predicted octanol–water partition coefficient (Wildman–Crippen LogP) is 1.83. The molecule has 0 amide bonds. The molecule has 2 nitrogen and oxygen atoms in total. The van der Waals surface area contributed by atoms with Crippen molar-refractivity contribution < 1.29 is 5.11 Å². The smallest absolute Gasteiger partial charge is 0.0922 e. The molecule has 3 heteroatoms. The van der Waals surface area contributed by atoms with Crippen LogP contribution in [0.3, 0.4) is 0 Å². The molecular formula is C11H23NOS. The first kappa shape index (κ1) is 12.3. The van der Waals surface area contributed by atoms with Gasteiger partial charge in [-0.1, -0.05) is 20.8 Å². The maximum atomic E-state index is 10.0. The van der Waals surface area contributed by atoms with Crippen LogP contribution in [0.2, 0.25) is 0 Å². The number of thioether (sulfide) groups is 1. The highest BCUT2D eigenvalue weighted by atomic mass is 32.2. The van der Waals surface area contributed by atoms with Gasteiger partial charge in [-0.25, -0.2) is 0 Å². The van der Waals surface area contributed by atoms with E-state index in [4.69, 9.17) is 0 Å². The Morgan fingerprint density at radius 2 is 2.07 bits per heavy atom. The van der Waals surface area contributed by atoms with Crippen LogP contribution in [0.1, 0.15) is 27.2 Å². The first-order chi connectivity index (χ1) is 6.58. The van der Waals surface area contributed by atoms with Crippen molar-refractivity contribution in [1.29, 1.82) is 0 Å². The third-order valence-electron chi connectivity index (χ3n) is 3.04. The van der Waals surface area contributed by atoms with Crippen molar-refractivity contribution in [2.45, 2.75) is 32.8 Å². The minimum atomic E-state index is -0.391. The van der Waals surface area contributed by atoms with E-state index in [1.807, 2.05) is 11.8 Å². The minimum Gasteiger partial charge on any atom is -0.387 e. The molecule has 0 aromatic rings. The molecule has 1 aliphatic heterocycles. The Morgan fingerprint density at radius 3 is 2.57 bits per heavy atom. The fourth-order valence-electron chi connectivity index (χ4n) is 1.79. The zero-order valence-corrected chi connectivity index (χ0v) is 10.4. The average molecular weight is 217 g/mol. The second-order valence-corrected chi connectivity index (χ2v) is 5.91. The summed E-state index contributed by atoms with van der Waals surface area (Å²) >= 11 is 2.00. The highest BCUT2D eigenvalue weighted by Crippen LogP contribution is 2.28. The van der Waals surface area contributed by atoms with Crippen LogP contribution in [0.5, 0.6) is 0 Å². The van der Waals surface area contributed by atoms with Crippen LogP contribution in [-0.4, -0.2) is 46.7 Å². The van der Waals surface area contributed by atoms with Crippen molar-refractivity contribution >= 4 is 11.8 Å². The van der Waals surface area contributed by atoms with Crippen LogP contribution in [0, 0.1) is 5.92 Å². The van der Waals surface area contributed by atoms with Gasteiger partial charge in [0.1, 0.15) is 0 Å². The molecule has 1 rings (SSSR count). The van der Waals surface area contributed by atoms with Crippen molar-refractivity contribution in [3.63, 3.8) is 0 Å². The van der Waals surface area contributed by atoms with Gasteiger partial charge in [-0.15, -0.1) is 0 Å². The minimum absolute atomic E-state index is 0.391. The van der Waals surface area contributed by atoms with Gasteiger partial charge < -0.3 is 5.11 Å². The first-order valence-corrected chi connectivity index (χ1v) is 6.76. The van der Waals surface area contributed by atoms with Crippen LogP contribution >= 0.6 is 11.8 Å². The van der Waals surface area contributed by atoms with E-state index in [0.29, 0.717) is 5.92 Å². The maximum Gasteiger partial charge on any atom is 0.0922 e. The number of hydrogen-bond donors (Lipinski definition) is 1. The van der Waals surface area contributed by atoms with Crippen LogP contribution < -0.4 is 0 Å². The topological polar surface area (TPSA) is 23.5 Å². The fourth-order valence-corrected chi connectivity index (χ4v) is 2.41. The molecule has 1 fully saturated rings. The van der Waals surface area contributed by atoms with Crippen molar-refractivity contribution in [2.75, 3.05) is 31.1 Å². The van der Waals surface area contributed by atoms with E-state index < -0.39 is 5.60 Å². The zero-order valence-electron chi connectivity index (χ0n) is 9.62. The molecule has 0 aromatic heterocycles. The van der Waals surface area contributed by atoms with E-state index in [0.717, 1.165) is 19.6 Å². The number of hydrogen-bond acceptors (Lipinski definition) is 3. The number of β-amino-alcohol motifs (C(OH)–C–C–N with tert-alkyl or cyclic N) is 1. The second-order valence-electron chi connectivity index (χ2n) is 4.52. The summed E-state index contributed by atoms with van der Waals surface area (Å²) in [5, 5.41) is 10.0. The Kier molecular flexibility index (Phi) is 4.74. The molecule has 14 heavy (non-hydrogen) atoms. The van der Waals surface area contributed by atoms with Crippen LogP contribution in [-0.2, 0) is 0 Å². The monoisotopic (exact) mass is 217 g/mol. The molecule has 0 radical (unpaired) electrons. The Hall–Kier alpha value is 0.270. The quantitative estimate of drug-likeness (QED) is 0.687. The lowest BCUT2D eigenvalue weighted by atomic mass is 9.83. The Balaban J connectivity index is 2.04. The van der Waals surface area contributed by atoms with E-state index in [2.05, 4.69) is 25.7 Å². The van der Waals surface area contributed by atoms with Crippen molar-refractivity contribution in [2.24, 2.45) is 5.92 Å². The van der Waals surface area contributed by atoms with Crippen molar-refractivity contribution in [1.82, 2.24) is 4.90 Å². The van der Waals surface area contributed by atoms with Gasteiger partial charge in [-0.3, -0.25) is 4.90 Å². The molecule has 0 spiro atoms. The molecule has 0 unspecified atom stereocenters. The number of rotatable bonds is 6. The van der Waals surface area contributed by atoms with Gasteiger partial charge >= 0.3 is 0 Å². The molecule has 0 saturated carbocycles. The molecule has 1 N–H and O–H groups in total. The Bertz CT molecular complexity index is 167. The van der Waals surface area contributed by atoms with Crippen molar-refractivity contribution in [3.8, 4) is 0 Å². The van der Waals surface area contributed by atoms with E-state index in [1.54, 1.807) is 0 Å². The molecular weight excluding hydrogens is 194 g/mol. The second kappa shape index (κ2) is 5.38. The highest BCUT2D eigenvalue weighted by molar-refractivity contribution is 7.99. The highest BCUT2D eigenvalue weighted by Gasteiger charge is 2.42. The van der Waals surface area contributed by atoms with E-state index in [1.165, 1.54) is 17.9 Å². The zero-order chi connectivity index (χ0) is 10.6. The van der Waals surface area contributed by atoms with Crippen LogP contribution in [0.25, 0.3) is 0 Å². The lowest BCUT2D eigenvalue weighted by Gasteiger charge is -2.49. The van der Waals surface area contributed by atoms with Gasteiger partial charge in [0, 0.05) is 13.1 Å². The normalized spacial score (nSPS) is 21.2.